The number of nitrogens with zero attached hydrogens (tertiary/aromatic N) is 1. The number of amides is 2. The number of nitrogens with one attached hydrogen (secondary N) is 1. The highest BCUT2D eigenvalue weighted by atomic mass is 35.5. The van der Waals surface area contributed by atoms with Crippen LogP contribution in [-0.2, 0) is 16.1 Å². The molecule has 0 fully saturated rings. The van der Waals surface area contributed by atoms with Crippen molar-refractivity contribution in [1.82, 2.24) is 10.2 Å². The molecule has 2 amide bonds. The van der Waals surface area contributed by atoms with Gasteiger partial charge in [0.1, 0.15) is 11.5 Å². The zero-order chi connectivity index (χ0) is 18.3. The van der Waals surface area contributed by atoms with E-state index in [4.69, 9.17) is 15.2 Å². The lowest BCUT2D eigenvalue weighted by Crippen LogP contribution is -2.47. The first-order valence-electron chi connectivity index (χ1n) is 7.78. The molecule has 0 unspecified atom stereocenters. The molecule has 0 aliphatic carbocycles. The Labute approximate surface area is 155 Å². The van der Waals surface area contributed by atoms with Crippen molar-refractivity contribution >= 4 is 24.2 Å². The molecule has 0 saturated carbocycles. The summed E-state index contributed by atoms with van der Waals surface area (Å²) >= 11 is 0. The maximum Gasteiger partial charge on any atom is 0.242 e. The molecule has 7 nitrogen and oxygen atoms in total. The first-order chi connectivity index (χ1) is 11.3. The minimum atomic E-state index is -0.621. The van der Waals surface area contributed by atoms with Crippen LogP contribution in [0.2, 0.25) is 0 Å². The fourth-order valence-corrected chi connectivity index (χ4v) is 2.04. The molecular formula is C17H28ClN3O4. The Kier molecular flexibility index (Phi) is 9.93. The Morgan fingerprint density at radius 2 is 1.88 bits per heavy atom. The third-order valence-corrected chi connectivity index (χ3v) is 3.76. The summed E-state index contributed by atoms with van der Waals surface area (Å²) in [4.78, 5) is 25.5. The zero-order valence-electron chi connectivity index (χ0n) is 15.4. The minimum absolute atomic E-state index is 0. The van der Waals surface area contributed by atoms with Gasteiger partial charge in [-0.05, 0) is 18.1 Å². The van der Waals surface area contributed by atoms with E-state index < -0.39 is 6.04 Å². The van der Waals surface area contributed by atoms with E-state index in [9.17, 15) is 9.59 Å². The molecule has 0 heterocycles. The average Bonchev–Trinajstić information content (AvgIpc) is 2.58. The lowest BCUT2D eigenvalue weighted by Gasteiger charge is -2.20. The summed E-state index contributed by atoms with van der Waals surface area (Å²) in [6.45, 7) is 3.98. The second-order valence-electron chi connectivity index (χ2n) is 5.92. The number of methoxy groups -OCH3 is 2. The van der Waals surface area contributed by atoms with Gasteiger partial charge in [0.05, 0.1) is 26.8 Å². The first kappa shape index (κ1) is 23.0. The van der Waals surface area contributed by atoms with E-state index in [1.54, 1.807) is 33.4 Å². The smallest absolute Gasteiger partial charge is 0.242 e. The van der Waals surface area contributed by atoms with E-state index in [0.29, 0.717) is 18.0 Å². The Balaban J connectivity index is 0.00000576. The molecule has 0 aliphatic rings. The van der Waals surface area contributed by atoms with Crippen molar-refractivity contribution in [3.05, 3.63) is 23.8 Å². The van der Waals surface area contributed by atoms with Crippen molar-refractivity contribution < 1.29 is 19.1 Å². The Morgan fingerprint density at radius 3 is 2.40 bits per heavy atom. The summed E-state index contributed by atoms with van der Waals surface area (Å²) < 4.78 is 10.5. The van der Waals surface area contributed by atoms with Crippen molar-refractivity contribution in [2.45, 2.75) is 26.4 Å². The zero-order valence-corrected chi connectivity index (χ0v) is 16.2. The minimum Gasteiger partial charge on any atom is -0.497 e. The lowest BCUT2D eigenvalue weighted by molar-refractivity contribution is -0.132. The molecule has 0 saturated heterocycles. The summed E-state index contributed by atoms with van der Waals surface area (Å²) in [5.74, 6) is 0.798. The van der Waals surface area contributed by atoms with Crippen LogP contribution in [0.5, 0.6) is 11.5 Å². The molecule has 1 aromatic carbocycles. The van der Waals surface area contributed by atoms with Crippen molar-refractivity contribution in [1.29, 1.82) is 0 Å². The van der Waals surface area contributed by atoms with Crippen LogP contribution in [0, 0.1) is 5.92 Å². The molecule has 1 aromatic rings. The SMILES string of the molecule is COc1ccc(CN(C)C(=O)CNC(=O)[C@@H](N)C(C)C)c(OC)c1.Cl. The number of carbonyl (C=O) groups is 2. The number of halogens is 1. The molecule has 0 aliphatic heterocycles. The predicted molar refractivity (Wildman–Crippen MR) is 99.1 cm³/mol. The van der Waals surface area contributed by atoms with Gasteiger partial charge in [0.2, 0.25) is 11.8 Å². The van der Waals surface area contributed by atoms with Crippen LogP contribution >= 0.6 is 12.4 Å². The maximum atomic E-state index is 12.2. The highest BCUT2D eigenvalue weighted by molar-refractivity contribution is 5.87. The van der Waals surface area contributed by atoms with Gasteiger partial charge >= 0.3 is 0 Å². The van der Waals surface area contributed by atoms with E-state index in [1.165, 1.54) is 4.90 Å². The lowest BCUT2D eigenvalue weighted by atomic mass is 10.1. The van der Waals surface area contributed by atoms with Gasteiger partial charge in [0, 0.05) is 25.2 Å². The van der Waals surface area contributed by atoms with Crippen LogP contribution in [0.15, 0.2) is 18.2 Å². The molecule has 142 valence electrons. The predicted octanol–water partition coefficient (Wildman–Crippen LogP) is 1.18. The van der Waals surface area contributed by atoms with E-state index in [0.717, 1.165) is 5.56 Å². The number of likely N-dealkylation sites (N-methyl/N-ethyl adjacent to an activating group) is 1. The quantitative estimate of drug-likeness (QED) is 0.713. The molecular weight excluding hydrogens is 346 g/mol. The average molecular weight is 374 g/mol. The number of nitrogens with two attached hydrogens (primary N) is 1. The van der Waals surface area contributed by atoms with E-state index in [1.807, 2.05) is 19.9 Å². The number of hydrogen-bond acceptors (Lipinski definition) is 5. The number of carbonyl (C=O) groups excluding carboxylic acids is 2. The summed E-state index contributed by atoms with van der Waals surface area (Å²) in [5.41, 5.74) is 6.59. The fourth-order valence-electron chi connectivity index (χ4n) is 2.04. The molecule has 0 bridgehead atoms. The third-order valence-electron chi connectivity index (χ3n) is 3.76. The van der Waals surface area contributed by atoms with Crippen LogP contribution in [-0.4, -0.2) is 50.6 Å². The molecule has 0 radical (unpaired) electrons. The molecule has 0 aromatic heterocycles. The number of benzene rings is 1. The summed E-state index contributed by atoms with van der Waals surface area (Å²) in [7, 11) is 4.81. The molecule has 25 heavy (non-hydrogen) atoms. The van der Waals surface area contributed by atoms with E-state index in [-0.39, 0.29) is 36.7 Å². The van der Waals surface area contributed by atoms with Gasteiger partial charge in [-0.1, -0.05) is 13.8 Å². The number of hydrogen-bond donors (Lipinski definition) is 2. The van der Waals surface area contributed by atoms with Crippen molar-refractivity contribution in [2.75, 3.05) is 27.8 Å². The van der Waals surface area contributed by atoms with Crippen molar-refractivity contribution in [3.8, 4) is 11.5 Å². The van der Waals surface area contributed by atoms with Gasteiger partial charge < -0.3 is 25.4 Å². The van der Waals surface area contributed by atoms with Crippen LogP contribution < -0.4 is 20.5 Å². The van der Waals surface area contributed by atoms with Gasteiger partial charge in [-0.15, -0.1) is 12.4 Å². The van der Waals surface area contributed by atoms with Crippen molar-refractivity contribution in [2.24, 2.45) is 11.7 Å². The Morgan fingerprint density at radius 1 is 1.24 bits per heavy atom. The van der Waals surface area contributed by atoms with Gasteiger partial charge in [-0.25, -0.2) is 0 Å². The van der Waals surface area contributed by atoms with Crippen LogP contribution in [0.3, 0.4) is 0 Å². The Bertz CT molecular complexity index is 581. The molecule has 1 rings (SSSR count). The van der Waals surface area contributed by atoms with Gasteiger partial charge in [-0.3, -0.25) is 9.59 Å². The highest BCUT2D eigenvalue weighted by Gasteiger charge is 2.19. The van der Waals surface area contributed by atoms with Gasteiger partial charge in [-0.2, -0.15) is 0 Å². The number of ether oxygens (including phenoxy) is 2. The first-order valence-corrected chi connectivity index (χ1v) is 7.78. The molecule has 8 heteroatoms. The monoisotopic (exact) mass is 373 g/mol. The molecule has 3 N–H and O–H groups in total. The fraction of sp³-hybridized carbons (Fsp3) is 0.529. The van der Waals surface area contributed by atoms with Gasteiger partial charge in [0.25, 0.3) is 0 Å². The summed E-state index contributed by atoms with van der Waals surface area (Å²) in [6, 6.07) is 4.79. The van der Waals surface area contributed by atoms with E-state index >= 15 is 0 Å². The summed E-state index contributed by atoms with van der Waals surface area (Å²) in [6.07, 6.45) is 0. The number of rotatable bonds is 8. The van der Waals surface area contributed by atoms with Crippen LogP contribution in [0.1, 0.15) is 19.4 Å². The standard InChI is InChI=1S/C17H27N3O4.ClH/c1-11(2)16(18)17(22)19-9-15(21)20(3)10-12-6-7-13(23-4)8-14(12)24-5;/h6-8,11,16H,9-10,18H2,1-5H3,(H,19,22);1H/t16-;/m0./s1. The van der Waals surface area contributed by atoms with Gasteiger partial charge in [0.15, 0.2) is 0 Å². The Hall–Kier alpha value is -1.99. The second-order valence-corrected chi connectivity index (χ2v) is 5.92. The topological polar surface area (TPSA) is 93.9 Å². The second kappa shape index (κ2) is 10.8. The highest BCUT2D eigenvalue weighted by Crippen LogP contribution is 2.25. The van der Waals surface area contributed by atoms with E-state index in [2.05, 4.69) is 5.32 Å². The third kappa shape index (κ3) is 6.80. The van der Waals surface area contributed by atoms with Crippen molar-refractivity contribution in [3.63, 3.8) is 0 Å². The normalized spacial score (nSPS) is 11.3. The maximum absolute atomic E-state index is 12.2. The largest absolute Gasteiger partial charge is 0.497 e. The van der Waals surface area contributed by atoms with Crippen LogP contribution in [0.4, 0.5) is 0 Å². The molecule has 0 spiro atoms. The summed E-state index contributed by atoms with van der Waals surface area (Å²) in [5, 5.41) is 2.57. The van der Waals surface area contributed by atoms with Crippen LogP contribution in [0.25, 0.3) is 0 Å². The molecule has 1 atom stereocenters.